The van der Waals surface area contributed by atoms with Crippen LogP contribution in [0.15, 0.2) is 48.5 Å². The zero-order valence-corrected chi connectivity index (χ0v) is 13.1. The highest BCUT2D eigenvalue weighted by atomic mass is 16.1. The quantitative estimate of drug-likeness (QED) is 0.907. The van der Waals surface area contributed by atoms with Gasteiger partial charge in [-0.3, -0.25) is 9.69 Å². The van der Waals surface area contributed by atoms with Crippen LogP contribution in [0.2, 0.25) is 0 Å². The molecule has 5 heteroatoms. The van der Waals surface area contributed by atoms with Gasteiger partial charge in [-0.2, -0.15) is 0 Å². The highest BCUT2D eigenvalue weighted by Gasteiger charge is 2.21. The van der Waals surface area contributed by atoms with E-state index in [0.29, 0.717) is 11.5 Å². The molecule has 3 rings (SSSR count). The van der Waals surface area contributed by atoms with Gasteiger partial charge < -0.3 is 11.1 Å². The number of amides is 1. The third-order valence-electron chi connectivity index (χ3n) is 4.18. The lowest BCUT2D eigenvalue weighted by molar-refractivity contribution is 0.0904. The lowest BCUT2D eigenvalue weighted by atomic mass is 10.0. The summed E-state index contributed by atoms with van der Waals surface area (Å²) in [5.41, 5.74) is 7.34. The molecule has 5 nitrogen and oxygen atoms in total. The molecule has 0 aliphatic carbocycles. The topological polar surface area (TPSA) is 71.2 Å². The number of likely N-dealkylation sites (tertiary alicyclic amines) is 1. The van der Waals surface area contributed by atoms with E-state index in [1.165, 1.54) is 5.56 Å². The van der Waals surface area contributed by atoms with Gasteiger partial charge in [0.15, 0.2) is 0 Å². The van der Waals surface area contributed by atoms with Crippen molar-refractivity contribution in [1.82, 2.24) is 15.2 Å². The maximum absolute atomic E-state index is 12.2. The molecular formula is C18H22N4O. The van der Waals surface area contributed by atoms with Crippen molar-refractivity contribution in [1.29, 1.82) is 0 Å². The first-order chi connectivity index (χ1) is 11.2. The van der Waals surface area contributed by atoms with E-state index in [-0.39, 0.29) is 11.9 Å². The fourth-order valence-corrected chi connectivity index (χ4v) is 2.91. The van der Waals surface area contributed by atoms with E-state index >= 15 is 0 Å². The largest absolute Gasteiger partial charge is 0.384 e. The molecule has 0 spiro atoms. The lowest BCUT2D eigenvalue weighted by Gasteiger charge is -2.32. The fraction of sp³-hybridized carbons (Fsp3) is 0.333. The Hall–Kier alpha value is -2.40. The molecule has 0 radical (unpaired) electrons. The van der Waals surface area contributed by atoms with Gasteiger partial charge >= 0.3 is 0 Å². The number of aromatic nitrogens is 1. The average molecular weight is 310 g/mol. The molecule has 120 valence electrons. The normalized spacial score (nSPS) is 16.2. The number of hydrogen-bond acceptors (Lipinski definition) is 4. The first kappa shape index (κ1) is 15.5. The van der Waals surface area contributed by atoms with Crippen LogP contribution in [0.25, 0.3) is 0 Å². The van der Waals surface area contributed by atoms with E-state index in [4.69, 9.17) is 5.73 Å². The number of nitrogen functional groups attached to an aromatic ring is 1. The average Bonchev–Trinajstić information content (AvgIpc) is 2.57. The smallest absolute Gasteiger partial charge is 0.270 e. The third kappa shape index (κ3) is 4.29. The van der Waals surface area contributed by atoms with Crippen molar-refractivity contribution in [2.75, 3.05) is 18.8 Å². The predicted molar refractivity (Wildman–Crippen MR) is 90.9 cm³/mol. The number of rotatable bonds is 4. The molecule has 2 aromatic rings. The summed E-state index contributed by atoms with van der Waals surface area (Å²) in [4.78, 5) is 18.7. The Labute approximate surface area is 136 Å². The number of anilines is 1. The highest BCUT2D eigenvalue weighted by Crippen LogP contribution is 2.14. The van der Waals surface area contributed by atoms with E-state index in [2.05, 4.69) is 39.5 Å². The van der Waals surface area contributed by atoms with Crippen molar-refractivity contribution >= 4 is 11.7 Å². The van der Waals surface area contributed by atoms with E-state index in [1.54, 1.807) is 18.2 Å². The Balaban J connectivity index is 1.48. The van der Waals surface area contributed by atoms with Gasteiger partial charge in [0, 0.05) is 25.7 Å². The van der Waals surface area contributed by atoms with Crippen molar-refractivity contribution in [3.8, 4) is 0 Å². The standard InChI is InChI=1S/C18H22N4O/c19-17-8-4-7-16(21-17)18(23)20-15-9-11-22(12-10-15)13-14-5-2-1-3-6-14/h1-8,15H,9-13H2,(H2,19,21)(H,20,23). The third-order valence-corrected chi connectivity index (χ3v) is 4.18. The Morgan fingerprint density at radius 3 is 2.57 bits per heavy atom. The molecule has 1 aliphatic rings. The summed E-state index contributed by atoms with van der Waals surface area (Å²) >= 11 is 0. The van der Waals surface area contributed by atoms with E-state index < -0.39 is 0 Å². The second kappa shape index (κ2) is 7.24. The molecule has 23 heavy (non-hydrogen) atoms. The summed E-state index contributed by atoms with van der Waals surface area (Å²) < 4.78 is 0. The first-order valence-electron chi connectivity index (χ1n) is 8.00. The number of carbonyl (C=O) groups excluding carboxylic acids is 1. The molecule has 0 atom stereocenters. The van der Waals surface area contributed by atoms with Crippen LogP contribution >= 0.6 is 0 Å². The summed E-state index contributed by atoms with van der Waals surface area (Å²) in [5, 5.41) is 3.06. The minimum absolute atomic E-state index is 0.140. The van der Waals surface area contributed by atoms with Crippen molar-refractivity contribution in [3.63, 3.8) is 0 Å². The molecular weight excluding hydrogens is 288 g/mol. The molecule has 0 saturated carbocycles. The molecule has 3 N–H and O–H groups in total. The zero-order chi connectivity index (χ0) is 16.1. The predicted octanol–water partition coefficient (Wildman–Crippen LogP) is 2.06. The summed E-state index contributed by atoms with van der Waals surface area (Å²) in [6.07, 6.45) is 1.92. The second-order valence-electron chi connectivity index (χ2n) is 5.96. The summed E-state index contributed by atoms with van der Waals surface area (Å²) in [6, 6.07) is 15.8. The van der Waals surface area contributed by atoms with E-state index in [9.17, 15) is 4.79 Å². The van der Waals surface area contributed by atoms with Gasteiger partial charge in [0.05, 0.1) is 0 Å². The number of carbonyl (C=O) groups is 1. The van der Waals surface area contributed by atoms with Gasteiger partial charge in [-0.1, -0.05) is 36.4 Å². The molecule has 0 bridgehead atoms. The lowest BCUT2D eigenvalue weighted by Crippen LogP contribution is -2.44. The molecule has 1 saturated heterocycles. The maximum Gasteiger partial charge on any atom is 0.270 e. The summed E-state index contributed by atoms with van der Waals surface area (Å²) in [7, 11) is 0. The summed E-state index contributed by atoms with van der Waals surface area (Å²) in [5.74, 6) is 0.231. The molecule has 1 aromatic carbocycles. The van der Waals surface area contributed by atoms with Crippen molar-refractivity contribution in [3.05, 3.63) is 59.8 Å². The van der Waals surface area contributed by atoms with E-state index in [1.807, 2.05) is 6.07 Å². The molecule has 1 aromatic heterocycles. The SMILES string of the molecule is Nc1cccc(C(=O)NC2CCN(Cc3ccccc3)CC2)n1. The Bertz CT molecular complexity index is 651. The Morgan fingerprint density at radius 2 is 1.87 bits per heavy atom. The van der Waals surface area contributed by atoms with Crippen LogP contribution in [0.3, 0.4) is 0 Å². The molecule has 2 heterocycles. The van der Waals surface area contributed by atoms with Crippen molar-refractivity contribution in [2.45, 2.75) is 25.4 Å². The van der Waals surface area contributed by atoms with Gasteiger partial charge in [0.2, 0.25) is 0 Å². The maximum atomic E-state index is 12.2. The number of hydrogen-bond donors (Lipinski definition) is 2. The Kier molecular flexibility index (Phi) is 4.88. The number of benzene rings is 1. The van der Waals surface area contributed by atoms with Crippen LogP contribution in [0.5, 0.6) is 0 Å². The number of nitrogens with one attached hydrogen (secondary N) is 1. The number of nitrogens with two attached hydrogens (primary N) is 1. The van der Waals surface area contributed by atoms with Crippen LogP contribution in [0.4, 0.5) is 5.82 Å². The van der Waals surface area contributed by atoms with Gasteiger partial charge in [-0.05, 0) is 30.5 Å². The first-order valence-corrected chi connectivity index (χ1v) is 8.00. The monoisotopic (exact) mass is 310 g/mol. The van der Waals surface area contributed by atoms with E-state index in [0.717, 1.165) is 32.5 Å². The van der Waals surface area contributed by atoms with Crippen molar-refractivity contribution < 1.29 is 4.79 Å². The van der Waals surface area contributed by atoms with Crippen LogP contribution in [-0.2, 0) is 6.54 Å². The molecule has 0 unspecified atom stereocenters. The van der Waals surface area contributed by atoms with Gasteiger partial charge in [0.25, 0.3) is 5.91 Å². The minimum Gasteiger partial charge on any atom is -0.384 e. The van der Waals surface area contributed by atoms with Crippen LogP contribution in [-0.4, -0.2) is 34.9 Å². The fourth-order valence-electron chi connectivity index (χ4n) is 2.91. The van der Waals surface area contributed by atoms with Crippen LogP contribution < -0.4 is 11.1 Å². The number of pyridine rings is 1. The van der Waals surface area contributed by atoms with Crippen molar-refractivity contribution in [2.24, 2.45) is 0 Å². The minimum atomic E-state index is -0.140. The van der Waals surface area contributed by atoms with Gasteiger partial charge in [0.1, 0.15) is 11.5 Å². The highest BCUT2D eigenvalue weighted by molar-refractivity contribution is 5.92. The van der Waals surface area contributed by atoms with Gasteiger partial charge in [-0.25, -0.2) is 4.98 Å². The zero-order valence-electron chi connectivity index (χ0n) is 13.1. The van der Waals surface area contributed by atoms with Crippen LogP contribution in [0, 0.1) is 0 Å². The molecule has 1 fully saturated rings. The number of piperidine rings is 1. The Morgan fingerprint density at radius 1 is 1.13 bits per heavy atom. The molecule has 1 amide bonds. The van der Waals surface area contributed by atoms with Gasteiger partial charge in [-0.15, -0.1) is 0 Å². The van der Waals surface area contributed by atoms with Crippen LogP contribution in [0.1, 0.15) is 28.9 Å². The number of nitrogens with zero attached hydrogens (tertiary/aromatic N) is 2. The summed E-state index contributed by atoms with van der Waals surface area (Å²) in [6.45, 7) is 2.95. The molecule has 1 aliphatic heterocycles. The second-order valence-corrected chi connectivity index (χ2v) is 5.96.